The van der Waals surface area contributed by atoms with E-state index in [0.717, 1.165) is 0 Å². The first-order valence-electron chi connectivity index (χ1n) is 6.40. The van der Waals surface area contributed by atoms with Gasteiger partial charge in [0.2, 0.25) is 5.91 Å². The summed E-state index contributed by atoms with van der Waals surface area (Å²) in [5.41, 5.74) is 7.21. The molecule has 0 spiro atoms. The Bertz CT molecular complexity index is 589. The number of carbonyl (C=O) groups excluding carboxylic acids is 2. The Morgan fingerprint density at radius 1 is 1.60 bits per heavy atom. The monoisotopic (exact) mass is 272 g/mol. The van der Waals surface area contributed by atoms with Gasteiger partial charge >= 0.3 is 5.97 Å². The second kappa shape index (κ2) is 5.66. The molecule has 5 heteroatoms. The van der Waals surface area contributed by atoms with Gasteiger partial charge in [0.25, 0.3) is 0 Å². The van der Waals surface area contributed by atoms with Crippen molar-refractivity contribution < 1.29 is 14.3 Å². The Morgan fingerprint density at radius 2 is 2.35 bits per heavy atom. The first-order valence-corrected chi connectivity index (χ1v) is 6.40. The standard InChI is InChI=1S/C15H16N2O3/c1-3-10-7-14(18)17(9-10)13-8-11(5-6-12(13)16)15(19)20-4-2/h1,5-6,8,10H,4,7,9,16H2,2H3. The molecule has 1 aliphatic heterocycles. The van der Waals surface area contributed by atoms with Crippen LogP contribution in [0.2, 0.25) is 0 Å². The molecule has 1 unspecified atom stereocenters. The number of nitrogen functional groups attached to an aromatic ring is 1. The summed E-state index contributed by atoms with van der Waals surface area (Å²) in [6.45, 7) is 2.45. The SMILES string of the molecule is C#CC1CC(=O)N(c2cc(C(=O)OCC)ccc2N)C1. The summed E-state index contributed by atoms with van der Waals surface area (Å²) in [6.07, 6.45) is 5.66. The molecule has 0 saturated carbocycles. The Balaban J connectivity index is 2.32. The number of nitrogens with two attached hydrogens (primary N) is 1. The van der Waals surface area contributed by atoms with E-state index in [9.17, 15) is 9.59 Å². The number of terminal acetylenes is 1. The van der Waals surface area contributed by atoms with Crippen LogP contribution in [0.1, 0.15) is 23.7 Å². The summed E-state index contributed by atoms with van der Waals surface area (Å²) in [4.78, 5) is 25.2. The number of carbonyl (C=O) groups is 2. The van der Waals surface area contributed by atoms with Crippen LogP contribution < -0.4 is 10.6 Å². The van der Waals surface area contributed by atoms with Crippen LogP contribution in [-0.2, 0) is 9.53 Å². The van der Waals surface area contributed by atoms with E-state index in [1.54, 1.807) is 25.1 Å². The molecule has 1 fully saturated rings. The first kappa shape index (κ1) is 13.9. The number of amides is 1. The maximum atomic E-state index is 12.0. The predicted molar refractivity (Wildman–Crippen MR) is 76.1 cm³/mol. The van der Waals surface area contributed by atoms with Crippen LogP contribution in [0, 0.1) is 18.3 Å². The molecule has 0 aromatic heterocycles. The Kier molecular flexibility index (Phi) is 3.94. The summed E-state index contributed by atoms with van der Waals surface area (Å²) in [5, 5.41) is 0. The number of esters is 1. The molecule has 2 rings (SSSR count). The zero-order valence-electron chi connectivity index (χ0n) is 11.3. The van der Waals surface area contributed by atoms with Crippen molar-refractivity contribution in [1.29, 1.82) is 0 Å². The molecule has 1 saturated heterocycles. The van der Waals surface area contributed by atoms with Gasteiger partial charge in [0.05, 0.1) is 23.5 Å². The maximum absolute atomic E-state index is 12.0. The zero-order valence-corrected chi connectivity index (χ0v) is 11.3. The largest absolute Gasteiger partial charge is 0.462 e. The molecule has 5 nitrogen and oxygen atoms in total. The van der Waals surface area contributed by atoms with Gasteiger partial charge in [-0.1, -0.05) is 0 Å². The summed E-state index contributed by atoms with van der Waals surface area (Å²) >= 11 is 0. The van der Waals surface area contributed by atoms with Crippen molar-refractivity contribution in [2.45, 2.75) is 13.3 Å². The highest BCUT2D eigenvalue weighted by molar-refractivity contribution is 6.01. The van der Waals surface area contributed by atoms with E-state index >= 15 is 0 Å². The number of anilines is 2. The van der Waals surface area contributed by atoms with Gasteiger partial charge < -0.3 is 15.4 Å². The molecule has 1 aromatic rings. The normalized spacial score (nSPS) is 17.9. The van der Waals surface area contributed by atoms with Gasteiger partial charge in [-0.15, -0.1) is 12.3 Å². The Morgan fingerprint density at radius 3 is 2.95 bits per heavy atom. The number of hydrogen-bond acceptors (Lipinski definition) is 4. The highest BCUT2D eigenvalue weighted by Crippen LogP contribution is 2.30. The third-order valence-corrected chi connectivity index (χ3v) is 3.19. The Labute approximate surface area is 117 Å². The van der Waals surface area contributed by atoms with Gasteiger partial charge in [-0.25, -0.2) is 4.79 Å². The van der Waals surface area contributed by atoms with Crippen LogP contribution in [0.25, 0.3) is 0 Å². The Hall–Kier alpha value is -2.48. The van der Waals surface area contributed by atoms with Crippen LogP contribution in [0.5, 0.6) is 0 Å². The molecule has 0 aliphatic carbocycles. The van der Waals surface area contributed by atoms with E-state index in [-0.39, 0.29) is 11.8 Å². The van der Waals surface area contributed by atoms with Crippen LogP contribution in [0.4, 0.5) is 11.4 Å². The lowest BCUT2D eigenvalue weighted by atomic mass is 10.1. The molecule has 1 aliphatic rings. The number of rotatable bonds is 3. The third kappa shape index (κ3) is 2.59. The van der Waals surface area contributed by atoms with Crippen molar-refractivity contribution in [1.82, 2.24) is 0 Å². The average Bonchev–Trinajstić information content (AvgIpc) is 2.81. The van der Waals surface area contributed by atoms with E-state index in [2.05, 4.69) is 5.92 Å². The number of hydrogen-bond donors (Lipinski definition) is 1. The lowest BCUT2D eigenvalue weighted by Crippen LogP contribution is -2.25. The van der Waals surface area contributed by atoms with E-state index in [1.165, 1.54) is 4.90 Å². The van der Waals surface area contributed by atoms with Gasteiger partial charge in [-0.05, 0) is 25.1 Å². The number of nitrogens with zero attached hydrogens (tertiary/aromatic N) is 1. The highest BCUT2D eigenvalue weighted by Gasteiger charge is 2.30. The van der Waals surface area contributed by atoms with E-state index in [0.29, 0.717) is 36.5 Å². The van der Waals surface area contributed by atoms with E-state index in [4.69, 9.17) is 16.9 Å². The van der Waals surface area contributed by atoms with Crippen LogP contribution in [0.3, 0.4) is 0 Å². The molecule has 1 aromatic carbocycles. The van der Waals surface area contributed by atoms with Crippen molar-refractivity contribution in [2.24, 2.45) is 5.92 Å². The smallest absolute Gasteiger partial charge is 0.338 e. The van der Waals surface area contributed by atoms with Gasteiger partial charge in [0, 0.05) is 18.9 Å². The minimum Gasteiger partial charge on any atom is -0.462 e. The summed E-state index contributed by atoms with van der Waals surface area (Å²) in [7, 11) is 0. The quantitative estimate of drug-likeness (QED) is 0.513. The summed E-state index contributed by atoms with van der Waals surface area (Å²) in [5.74, 6) is 1.94. The number of ether oxygens (including phenoxy) is 1. The van der Waals surface area contributed by atoms with Crippen molar-refractivity contribution in [3.8, 4) is 12.3 Å². The predicted octanol–water partition coefficient (Wildman–Crippen LogP) is 1.43. The zero-order chi connectivity index (χ0) is 14.7. The average molecular weight is 272 g/mol. The molecule has 1 heterocycles. The van der Waals surface area contributed by atoms with Crippen LogP contribution in [0.15, 0.2) is 18.2 Å². The molecular weight excluding hydrogens is 256 g/mol. The molecule has 0 bridgehead atoms. The van der Waals surface area contributed by atoms with Crippen LogP contribution >= 0.6 is 0 Å². The molecule has 20 heavy (non-hydrogen) atoms. The minimum atomic E-state index is -0.436. The van der Waals surface area contributed by atoms with E-state index < -0.39 is 5.97 Å². The topological polar surface area (TPSA) is 72.6 Å². The fourth-order valence-electron chi connectivity index (χ4n) is 2.17. The van der Waals surface area contributed by atoms with Gasteiger partial charge in [-0.3, -0.25) is 4.79 Å². The van der Waals surface area contributed by atoms with Gasteiger partial charge in [0.15, 0.2) is 0 Å². The van der Waals surface area contributed by atoms with E-state index in [1.807, 2.05) is 0 Å². The fraction of sp³-hybridized carbons (Fsp3) is 0.333. The lowest BCUT2D eigenvalue weighted by Gasteiger charge is -2.19. The fourth-order valence-corrected chi connectivity index (χ4v) is 2.17. The molecule has 2 N–H and O–H groups in total. The summed E-state index contributed by atoms with van der Waals surface area (Å²) in [6, 6.07) is 4.75. The molecular formula is C15H16N2O3. The highest BCUT2D eigenvalue weighted by atomic mass is 16.5. The van der Waals surface area contributed by atoms with Gasteiger partial charge in [-0.2, -0.15) is 0 Å². The molecule has 1 amide bonds. The molecule has 0 radical (unpaired) electrons. The second-order valence-electron chi connectivity index (χ2n) is 4.57. The van der Waals surface area contributed by atoms with Crippen molar-refractivity contribution in [3.63, 3.8) is 0 Å². The molecule has 1 atom stereocenters. The number of benzene rings is 1. The van der Waals surface area contributed by atoms with Crippen molar-refractivity contribution in [3.05, 3.63) is 23.8 Å². The third-order valence-electron chi connectivity index (χ3n) is 3.19. The van der Waals surface area contributed by atoms with Crippen molar-refractivity contribution in [2.75, 3.05) is 23.8 Å². The lowest BCUT2D eigenvalue weighted by molar-refractivity contribution is -0.117. The van der Waals surface area contributed by atoms with Crippen LogP contribution in [-0.4, -0.2) is 25.0 Å². The summed E-state index contributed by atoms with van der Waals surface area (Å²) < 4.78 is 4.94. The van der Waals surface area contributed by atoms with Crippen molar-refractivity contribution >= 4 is 23.3 Å². The maximum Gasteiger partial charge on any atom is 0.338 e. The minimum absolute atomic E-state index is 0.0827. The second-order valence-corrected chi connectivity index (χ2v) is 4.57. The molecule has 104 valence electrons. The van der Waals surface area contributed by atoms with Gasteiger partial charge in [0.1, 0.15) is 0 Å². The first-order chi connectivity index (χ1) is 9.56.